The number of fused-ring (bicyclic) bond motifs is 5. The molecule has 4 fully saturated rings. The number of hydrogen-bond acceptors (Lipinski definition) is 3. The second kappa shape index (κ2) is 6.73. The topological polar surface area (TPSA) is 77.8 Å². The standard InChI is InChI=1S/C23H38O4/c1-13(10-20(26)27)16-4-5-17-21-18(7-9-23(16,17)3)22(2)8-6-15(24)11-14(22)12-19(21)25/h13-19,21,24-25H,4-12H2,1-3H3,(H,26,27)/t13-,14+,15-,16-,17+,18+,19+,21+,22+,23-/m1/s1/i6D2,11D2,15D. The maximum absolute atomic E-state index is 11.3. The molecule has 0 heterocycles. The van der Waals surface area contributed by atoms with Gasteiger partial charge in [0.05, 0.1) is 13.6 Å². The summed E-state index contributed by atoms with van der Waals surface area (Å²) in [6.45, 7) is 6.15. The lowest BCUT2D eigenvalue weighted by atomic mass is 9.43. The molecule has 154 valence electrons. The average molecular weight is 384 g/mol. The molecule has 0 aliphatic heterocycles. The molecule has 4 nitrogen and oxygen atoms in total. The first-order valence-corrected chi connectivity index (χ1v) is 10.6. The number of aliphatic hydroxyl groups excluding tert-OH is 1. The minimum Gasteiger partial charge on any atom is -0.481 e. The van der Waals surface area contributed by atoms with E-state index >= 15 is 0 Å². The van der Waals surface area contributed by atoms with Crippen molar-refractivity contribution in [2.75, 3.05) is 0 Å². The Hall–Kier alpha value is -0.610. The Bertz CT molecular complexity index is 788. The SMILES string of the molecule is [2H]C1([2H])C[C@@]2(C)[C@H](C[C@H](O)[C@@H]3[C@@H]2CC[C@]2(C)[C@@H]([C@H](C)CC(=O)O)CC[C@@H]32)C([2H])([2H])[C@]1([2H])O. The third-order valence-electron chi connectivity index (χ3n) is 9.10. The van der Waals surface area contributed by atoms with Crippen LogP contribution in [0.15, 0.2) is 0 Å². The molecule has 0 bridgehead atoms. The molecule has 0 saturated heterocycles. The van der Waals surface area contributed by atoms with Crippen molar-refractivity contribution in [1.82, 2.24) is 0 Å². The van der Waals surface area contributed by atoms with Gasteiger partial charge in [-0.15, -0.1) is 0 Å². The van der Waals surface area contributed by atoms with Crippen LogP contribution in [0.1, 0.15) is 85.3 Å². The summed E-state index contributed by atoms with van der Waals surface area (Å²) in [5.74, 6) is -1.30. The van der Waals surface area contributed by atoms with Gasteiger partial charge in [-0.3, -0.25) is 4.79 Å². The summed E-state index contributed by atoms with van der Waals surface area (Å²) < 4.78 is 42.2. The van der Waals surface area contributed by atoms with Gasteiger partial charge in [0.15, 0.2) is 0 Å². The first-order valence-electron chi connectivity index (χ1n) is 13.1. The molecule has 0 unspecified atom stereocenters. The van der Waals surface area contributed by atoms with E-state index in [4.69, 9.17) is 6.85 Å². The van der Waals surface area contributed by atoms with Crippen molar-refractivity contribution in [2.24, 2.45) is 46.3 Å². The molecule has 27 heavy (non-hydrogen) atoms. The molecule has 0 spiro atoms. The minimum atomic E-state index is -2.87. The Morgan fingerprint density at radius 1 is 1.19 bits per heavy atom. The first kappa shape index (κ1) is 14.4. The lowest BCUT2D eigenvalue weighted by molar-refractivity contribution is -0.174. The van der Waals surface area contributed by atoms with Gasteiger partial charge in [0, 0.05) is 11.9 Å². The van der Waals surface area contributed by atoms with Crippen LogP contribution in [0.4, 0.5) is 0 Å². The molecule has 4 aliphatic carbocycles. The Kier molecular flexibility index (Phi) is 3.58. The van der Waals surface area contributed by atoms with Crippen molar-refractivity contribution < 1.29 is 27.0 Å². The summed E-state index contributed by atoms with van der Waals surface area (Å²) in [5.41, 5.74) is -0.862. The Labute approximate surface area is 170 Å². The zero-order valence-electron chi connectivity index (χ0n) is 21.7. The molecule has 4 aliphatic rings. The number of aliphatic carboxylic acids is 1. The predicted molar refractivity (Wildman–Crippen MR) is 104 cm³/mol. The van der Waals surface area contributed by atoms with Crippen molar-refractivity contribution in [3.63, 3.8) is 0 Å². The van der Waals surface area contributed by atoms with E-state index in [1.807, 2.05) is 13.8 Å². The average Bonchev–Trinajstić information content (AvgIpc) is 2.99. The molecular weight excluding hydrogens is 340 g/mol. The van der Waals surface area contributed by atoms with E-state index in [1.54, 1.807) is 0 Å². The predicted octanol–water partition coefficient (Wildman–Crippen LogP) is 4.09. The highest BCUT2D eigenvalue weighted by molar-refractivity contribution is 5.67. The van der Waals surface area contributed by atoms with Crippen molar-refractivity contribution >= 4 is 5.97 Å². The van der Waals surface area contributed by atoms with Crippen LogP contribution < -0.4 is 0 Å². The fourth-order valence-corrected chi connectivity index (χ4v) is 7.79. The van der Waals surface area contributed by atoms with E-state index in [0.717, 1.165) is 25.7 Å². The van der Waals surface area contributed by atoms with E-state index < -0.39 is 42.2 Å². The van der Waals surface area contributed by atoms with Gasteiger partial charge in [0.1, 0.15) is 0 Å². The highest BCUT2D eigenvalue weighted by Crippen LogP contribution is 2.68. The Morgan fingerprint density at radius 2 is 1.89 bits per heavy atom. The molecular formula is C23H38O4. The molecule has 3 N–H and O–H groups in total. The van der Waals surface area contributed by atoms with E-state index in [9.17, 15) is 20.1 Å². The van der Waals surface area contributed by atoms with Crippen LogP contribution in [0, 0.1) is 46.3 Å². The maximum atomic E-state index is 11.3. The van der Waals surface area contributed by atoms with Crippen molar-refractivity contribution in [3.05, 3.63) is 0 Å². The zero-order valence-corrected chi connectivity index (χ0v) is 16.7. The summed E-state index contributed by atoms with van der Waals surface area (Å²) in [6.07, 6.45) is -4.99. The third-order valence-corrected chi connectivity index (χ3v) is 9.10. The van der Waals surface area contributed by atoms with Gasteiger partial charge in [-0.2, -0.15) is 0 Å². The van der Waals surface area contributed by atoms with Crippen LogP contribution in [-0.2, 0) is 4.79 Å². The summed E-state index contributed by atoms with van der Waals surface area (Å²) in [5, 5.41) is 31.2. The van der Waals surface area contributed by atoms with Crippen LogP contribution in [0.5, 0.6) is 0 Å². The molecule has 4 heteroatoms. The van der Waals surface area contributed by atoms with Crippen LogP contribution in [0.3, 0.4) is 0 Å². The molecule has 0 aromatic rings. The zero-order chi connectivity index (χ0) is 24.1. The van der Waals surface area contributed by atoms with E-state index in [2.05, 4.69) is 6.92 Å². The largest absolute Gasteiger partial charge is 0.481 e. The van der Waals surface area contributed by atoms with E-state index in [-0.39, 0.29) is 54.3 Å². The molecule has 0 amide bonds. The van der Waals surface area contributed by atoms with Crippen molar-refractivity contribution in [3.8, 4) is 0 Å². The highest BCUT2D eigenvalue weighted by Gasteiger charge is 2.62. The highest BCUT2D eigenvalue weighted by atomic mass is 16.4. The van der Waals surface area contributed by atoms with Gasteiger partial charge >= 0.3 is 5.97 Å². The number of carbonyl (C=O) groups is 1. The summed E-state index contributed by atoms with van der Waals surface area (Å²) in [7, 11) is 0. The molecule has 0 aromatic heterocycles. The van der Waals surface area contributed by atoms with Gasteiger partial charge < -0.3 is 15.3 Å². The van der Waals surface area contributed by atoms with Gasteiger partial charge in [-0.25, -0.2) is 0 Å². The van der Waals surface area contributed by atoms with Gasteiger partial charge in [0.25, 0.3) is 0 Å². The number of rotatable bonds is 3. The number of carboxylic acid groups (broad SMARTS) is 1. The fourth-order valence-electron chi connectivity index (χ4n) is 7.79. The smallest absolute Gasteiger partial charge is 0.303 e. The van der Waals surface area contributed by atoms with Crippen LogP contribution in [0.25, 0.3) is 0 Å². The van der Waals surface area contributed by atoms with E-state index in [0.29, 0.717) is 0 Å². The van der Waals surface area contributed by atoms with Crippen molar-refractivity contribution in [1.29, 1.82) is 0 Å². The molecule has 4 saturated carbocycles. The summed E-state index contributed by atoms with van der Waals surface area (Å²) in [6, 6.07) is 0. The van der Waals surface area contributed by atoms with Gasteiger partial charge in [-0.05, 0) is 97.6 Å². The van der Waals surface area contributed by atoms with Gasteiger partial charge in [-0.1, -0.05) is 20.8 Å². The monoisotopic (exact) mass is 383 g/mol. The first-order chi connectivity index (χ1) is 14.5. The number of carboxylic acids is 1. The lowest BCUT2D eigenvalue weighted by Crippen LogP contribution is -2.58. The fraction of sp³-hybridized carbons (Fsp3) is 0.957. The van der Waals surface area contributed by atoms with Gasteiger partial charge in [0.2, 0.25) is 0 Å². The second-order valence-electron chi connectivity index (χ2n) is 10.3. The van der Waals surface area contributed by atoms with E-state index in [1.165, 1.54) is 0 Å². The summed E-state index contributed by atoms with van der Waals surface area (Å²) in [4.78, 5) is 11.3. The normalized spacial score (nSPS) is 62.3. The lowest BCUT2D eigenvalue weighted by Gasteiger charge is -2.62. The number of hydrogen-bond donors (Lipinski definition) is 3. The summed E-state index contributed by atoms with van der Waals surface area (Å²) >= 11 is 0. The van der Waals surface area contributed by atoms with Crippen LogP contribution >= 0.6 is 0 Å². The Balaban J connectivity index is 1.70. The molecule has 10 atom stereocenters. The number of aliphatic hydroxyl groups is 2. The Morgan fingerprint density at radius 3 is 2.59 bits per heavy atom. The minimum absolute atomic E-state index is 0.0411. The van der Waals surface area contributed by atoms with Crippen LogP contribution in [-0.4, -0.2) is 33.5 Å². The second-order valence-corrected chi connectivity index (χ2v) is 10.3. The quantitative estimate of drug-likeness (QED) is 0.686. The van der Waals surface area contributed by atoms with Crippen LogP contribution in [0.2, 0.25) is 0 Å². The third kappa shape index (κ3) is 2.97. The maximum Gasteiger partial charge on any atom is 0.303 e. The molecule has 0 radical (unpaired) electrons. The van der Waals surface area contributed by atoms with Crippen molar-refractivity contribution in [2.45, 2.75) is 90.6 Å². The molecule has 4 rings (SSSR count). The molecule has 0 aromatic carbocycles.